The van der Waals surface area contributed by atoms with Gasteiger partial charge in [-0.15, -0.1) is 0 Å². The van der Waals surface area contributed by atoms with Gasteiger partial charge in [0.05, 0.1) is 22.6 Å². The van der Waals surface area contributed by atoms with Crippen LogP contribution < -0.4 is 4.72 Å². The number of aromatic carboxylic acids is 1. The van der Waals surface area contributed by atoms with Crippen LogP contribution in [0.25, 0.3) is 0 Å². The van der Waals surface area contributed by atoms with E-state index in [9.17, 15) is 18.3 Å². The van der Waals surface area contributed by atoms with Gasteiger partial charge in [-0.25, -0.2) is 17.9 Å². The number of sulfonamides is 1. The molecule has 1 unspecified atom stereocenters. The Hall–Kier alpha value is -1.44. The molecule has 1 aromatic carbocycles. The summed E-state index contributed by atoms with van der Waals surface area (Å²) in [6.07, 6.45) is 0.404. The highest BCUT2D eigenvalue weighted by Crippen LogP contribution is 2.16. The Bertz CT molecular complexity index is 563. The minimum Gasteiger partial charge on any atom is -0.478 e. The van der Waals surface area contributed by atoms with Crippen LogP contribution in [-0.2, 0) is 10.0 Å². The van der Waals surface area contributed by atoms with E-state index < -0.39 is 21.5 Å². The lowest BCUT2D eigenvalue weighted by Crippen LogP contribution is -2.48. The molecule has 0 aliphatic carbocycles. The van der Waals surface area contributed by atoms with E-state index in [4.69, 9.17) is 5.11 Å². The summed E-state index contributed by atoms with van der Waals surface area (Å²) in [5.74, 6) is -1.20. The van der Waals surface area contributed by atoms with E-state index in [1.165, 1.54) is 18.2 Å². The first-order valence-corrected chi connectivity index (χ1v) is 7.20. The van der Waals surface area contributed by atoms with Crippen LogP contribution in [0.15, 0.2) is 29.2 Å². The summed E-state index contributed by atoms with van der Waals surface area (Å²) in [5, 5.41) is 18.1. The first-order valence-electron chi connectivity index (χ1n) is 5.72. The molecule has 1 rings (SSSR count). The largest absolute Gasteiger partial charge is 0.478 e. The van der Waals surface area contributed by atoms with Crippen molar-refractivity contribution < 1.29 is 23.4 Å². The van der Waals surface area contributed by atoms with E-state index in [1.54, 1.807) is 13.8 Å². The lowest BCUT2D eigenvalue weighted by Gasteiger charge is -2.26. The molecule has 6 nitrogen and oxygen atoms in total. The Morgan fingerprint density at radius 1 is 1.42 bits per heavy atom. The number of aliphatic hydroxyl groups excluding tert-OH is 1. The number of carboxylic acids is 1. The predicted molar refractivity (Wildman–Crippen MR) is 69.5 cm³/mol. The summed E-state index contributed by atoms with van der Waals surface area (Å²) >= 11 is 0. The molecule has 0 aliphatic heterocycles. The van der Waals surface area contributed by atoms with E-state index >= 15 is 0 Å². The second kappa shape index (κ2) is 5.68. The summed E-state index contributed by atoms with van der Waals surface area (Å²) in [6.45, 7) is 2.97. The van der Waals surface area contributed by atoms with Crippen LogP contribution in [0.3, 0.4) is 0 Å². The molecule has 7 heteroatoms. The highest BCUT2D eigenvalue weighted by atomic mass is 32.2. The van der Waals surface area contributed by atoms with Crippen molar-refractivity contribution in [3.63, 3.8) is 0 Å². The van der Waals surface area contributed by atoms with Gasteiger partial charge >= 0.3 is 5.97 Å². The van der Waals surface area contributed by atoms with Crippen LogP contribution in [0.4, 0.5) is 0 Å². The first kappa shape index (κ1) is 15.6. The molecule has 1 aromatic rings. The number of hydrogen-bond acceptors (Lipinski definition) is 4. The van der Waals surface area contributed by atoms with Gasteiger partial charge in [0, 0.05) is 0 Å². The van der Waals surface area contributed by atoms with Crippen molar-refractivity contribution in [3.8, 4) is 0 Å². The second-order valence-corrected chi connectivity index (χ2v) is 6.19. The number of carboxylic acid groups (broad SMARTS) is 1. The van der Waals surface area contributed by atoms with Gasteiger partial charge in [0.15, 0.2) is 0 Å². The molecular weight excluding hydrogens is 270 g/mol. The van der Waals surface area contributed by atoms with Gasteiger partial charge in [0.2, 0.25) is 10.0 Å². The number of hydrogen-bond donors (Lipinski definition) is 3. The van der Waals surface area contributed by atoms with Crippen LogP contribution in [0, 0.1) is 0 Å². The van der Waals surface area contributed by atoms with Crippen molar-refractivity contribution in [1.29, 1.82) is 0 Å². The third-order valence-corrected chi connectivity index (χ3v) is 4.54. The zero-order chi connectivity index (χ0) is 14.7. The van der Waals surface area contributed by atoms with Crippen LogP contribution >= 0.6 is 0 Å². The maximum atomic E-state index is 12.1. The molecule has 19 heavy (non-hydrogen) atoms. The Balaban J connectivity index is 3.14. The second-order valence-electron chi connectivity index (χ2n) is 4.51. The maximum Gasteiger partial charge on any atom is 0.335 e. The normalized spacial score (nSPS) is 14.9. The Kier molecular flexibility index (Phi) is 4.67. The highest BCUT2D eigenvalue weighted by Gasteiger charge is 2.28. The van der Waals surface area contributed by atoms with Crippen molar-refractivity contribution in [1.82, 2.24) is 4.72 Å². The molecular formula is C12H17NO5S. The molecule has 0 bridgehead atoms. The molecule has 1 atom stereocenters. The zero-order valence-corrected chi connectivity index (χ0v) is 11.6. The standard InChI is InChI=1S/C12H17NO5S/c1-3-12(2,8-14)13-19(17,18)10-6-4-5-9(7-10)11(15)16/h4-7,13-14H,3,8H2,1-2H3,(H,15,16). The summed E-state index contributed by atoms with van der Waals surface area (Å²) in [7, 11) is -3.87. The highest BCUT2D eigenvalue weighted by molar-refractivity contribution is 7.89. The summed E-state index contributed by atoms with van der Waals surface area (Å²) in [4.78, 5) is 10.7. The minimum absolute atomic E-state index is 0.106. The van der Waals surface area contributed by atoms with Crippen molar-refractivity contribution in [2.24, 2.45) is 0 Å². The number of nitrogens with one attached hydrogen (secondary N) is 1. The van der Waals surface area contributed by atoms with Crippen LogP contribution in [0.1, 0.15) is 30.6 Å². The lowest BCUT2D eigenvalue weighted by atomic mass is 10.0. The molecule has 0 aliphatic rings. The van der Waals surface area contributed by atoms with E-state index in [2.05, 4.69) is 4.72 Å². The average Bonchev–Trinajstić information content (AvgIpc) is 2.38. The van der Waals surface area contributed by atoms with Crippen molar-refractivity contribution >= 4 is 16.0 Å². The molecule has 0 amide bonds. The van der Waals surface area contributed by atoms with Crippen LogP contribution in [-0.4, -0.2) is 36.7 Å². The Morgan fingerprint density at radius 2 is 2.05 bits per heavy atom. The van der Waals surface area contributed by atoms with Gasteiger partial charge in [0.25, 0.3) is 0 Å². The number of aliphatic hydroxyl groups is 1. The Labute approximate surface area is 112 Å². The predicted octanol–water partition coefficient (Wildman–Crippen LogP) is 0.824. The molecule has 0 radical (unpaired) electrons. The van der Waals surface area contributed by atoms with Gasteiger partial charge in [-0.1, -0.05) is 13.0 Å². The number of rotatable bonds is 6. The summed E-state index contributed by atoms with van der Waals surface area (Å²) in [5.41, 5.74) is -1.08. The van der Waals surface area contributed by atoms with Crippen molar-refractivity contribution in [3.05, 3.63) is 29.8 Å². The molecule has 0 aromatic heterocycles. The lowest BCUT2D eigenvalue weighted by molar-refractivity contribution is 0.0696. The quantitative estimate of drug-likeness (QED) is 0.718. The summed E-state index contributed by atoms with van der Waals surface area (Å²) < 4.78 is 26.6. The molecule has 106 valence electrons. The third kappa shape index (κ3) is 3.76. The van der Waals surface area contributed by atoms with Crippen LogP contribution in [0.2, 0.25) is 0 Å². The average molecular weight is 287 g/mol. The zero-order valence-electron chi connectivity index (χ0n) is 10.8. The molecule has 0 spiro atoms. The van der Waals surface area contributed by atoms with E-state index in [1.807, 2.05) is 0 Å². The first-order chi connectivity index (χ1) is 8.74. The molecule has 0 saturated carbocycles. The van der Waals surface area contributed by atoms with Gasteiger partial charge in [-0.2, -0.15) is 0 Å². The van der Waals surface area contributed by atoms with Gasteiger partial charge < -0.3 is 10.2 Å². The number of benzene rings is 1. The molecule has 0 fully saturated rings. The van der Waals surface area contributed by atoms with Gasteiger partial charge in [-0.05, 0) is 31.5 Å². The van der Waals surface area contributed by atoms with Crippen LogP contribution in [0.5, 0.6) is 0 Å². The monoisotopic (exact) mass is 287 g/mol. The number of carbonyl (C=O) groups is 1. The van der Waals surface area contributed by atoms with Gasteiger partial charge in [0.1, 0.15) is 0 Å². The SMILES string of the molecule is CCC(C)(CO)NS(=O)(=O)c1cccc(C(=O)O)c1. The van der Waals surface area contributed by atoms with Crippen molar-refractivity contribution in [2.75, 3.05) is 6.61 Å². The molecule has 3 N–H and O–H groups in total. The topological polar surface area (TPSA) is 104 Å². The minimum atomic E-state index is -3.87. The molecule has 0 heterocycles. The maximum absolute atomic E-state index is 12.1. The fourth-order valence-electron chi connectivity index (χ4n) is 1.40. The van der Waals surface area contributed by atoms with E-state index in [0.717, 1.165) is 6.07 Å². The van der Waals surface area contributed by atoms with E-state index in [-0.39, 0.29) is 17.1 Å². The Morgan fingerprint density at radius 3 is 2.53 bits per heavy atom. The fraction of sp³-hybridized carbons (Fsp3) is 0.417. The van der Waals surface area contributed by atoms with E-state index in [0.29, 0.717) is 6.42 Å². The smallest absolute Gasteiger partial charge is 0.335 e. The fourth-order valence-corrected chi connectivity index (χ4v) is 2.91. The van der Waals surface area contributed by atoms with Gasteiger partial charge in [-0.3, -0.25) is 0 Å². The van der Waals surface area contributed by atoms with Crippen molar-refractivity contribution in [2.45, 2.75) is 30.7 Å². The third-order valence-electron chi connectivity index (χ3n) is 2.90. The molecule has 0 saturated heterocycles. The summed E-state index contributed by atoms with van der Waals surface area (Å²) in [6, 6.07) is 5.06.